The van der Waals surface area contributed by atoms with E-state index in [1.165, 1.54) is 11.0 Å². The second-order valence-corrected chi connectivity index (χ2v) is 2.36. The van der Waals surface area contributed by atoms with Gasteiger partial charge in [0, 0.05) is 13.5 Å². The van der Waals surface area contributed by atoms with Crippen LogP contribution in [0, 0.1) is 0 Å². The van der Waals surface area contributed by atoms with Gasteiger partial charge >= 0.3 is 0 Å². The fourth-order valence-electron chi connectivity index (χ4n) is 0.799. The summed E-state index contributed by atoms with van der Waals surface area (Å²) in [5, 5.41) is 2.10. The van der Waals surface area contributed by atoms with Crippen LogP contribution in [-0.4, -0.2) is 18.1 Å². The van der Waals surface area contributed by atoms with Crippen molar-refractivity contribution in [2.75, 3.05) is 11.9 Å². The topological polar surface area (TPSA) is 66.3 Å². The van der Waals surface area contributed by atoms with Gasteiger partial charge in [0.05, 0.1) is 6.07 Å². The van der Waals surface area contributed by atoms with Crippen molar-refractivity contribution < 1.29 is 9.32 Å². The lowest BCUT2D eigenvalue weighted by atomic mass is 10.4. The normalized spacial score (nSPS) is 9.83. The summed E-state index contributed by atoms with van der Waals surface area (Å²) < 4.78 is 4.72. The Kier molecular flexibility index (Phi) is 2.32. The van der Waals surface area contributed by atoms with E-state index in [2.05, 4.69) is 5.16 Å². The molecule has 0 spiro atoms. The highest BCUT2D eigenvalue weighted by Gasteiger charge is 2.11. The molecule has 0 saturated carbocycles. The van der Waals surface area contributed by atoms with E-state index in [-0.39, 0.29) is 17.4 Å². The van der Waals surface area contributed by atoms with Crippen molar-refractivity contribution in [3.05, 3.63) is 16.4 Å². The van der Waals surface area contributed by atoms with Gasteiger partial charge in [-0.05, 0) is 0 Å². The van der Waals surface area contributed by atoms with Crippen molar-refractivity contribution in [2.24, 2.45) is 0 Å². The minimum atomic E-state index is -0.347. The monoisotopic (exact) mass is 170 g/mol. The largest absolute Gasteiger partial charge is 0.360 e. The van der Waals surface area contributed by atoms with E-state index in [9.17, 15) is 9.59 Å². The molecule has 66 valence electrons. The first-order valence-electron chi connectivity index (χ1n) is 3.60. The van der Waals surface area contributed by atoms with Crippen LogP contribution in [0.25, 0.3) is 0 Å². The third-order valence-corrected chi connectivity index (χ3v) is 1.52. The molecule has 12 heavy (non-hydrogen) atoms. The first-order valence-corrected chi connectivity index (χ1v) is 3.60. The van der Waals surface area contributed by atoms with Crippen LogP contribution in [-0.2, 0) is 4.79 Å². The summed E-state index contributed by atoms with van der Waals surface area (Å²) in [4.78, 5) is 23.0. The Morgan fingerprint density at radius 2 is 2.42 bits per heavy atom. The van der Waals surface area contributed by atoms with E-state index >= 15 is 0 Å². The molecule has 0 aliphatic carbocycles. The molecule has 0 aliphatic heterocycles. The Morgan fingerprint density at radius 1 is 1.75 bits per heavy atom. The fraction of sp³-hybridized carbons (Fsp3) is 0.429. The Hall–Kier alpha value is -1.52. The van der Waals surface area contributed by atoms with Crippen LogP contribution in [0.1, 0.15) is 13.3 Å². The SMILES string of the molecule is CCC(=O)N(C)c1cc(=O)[nH]o1. The number of carbonyl (C=O) groups excluding carboxylic acids is 1. The van der Waals surface area contributed by atoms with Gasteiger partial charge in [0.25, 0.3) is 5.56 Å². The molecule has 0 radical (unpaired) electrons. The maximum absolute atomic E-state index is 11.1. The van der Waals surface area contributed by atoms with Gasteiger partial charge in [-0.1, -0.05) is 6.92 Å². The smallest absolute Gasteiger partial charge is 0.282 e. The van der Waals surface area contributed by atoms with Crippen LogP contribution in [0.3, 0.4) is 0 Å². The second-order valence-electron chi connectivity index (χ2n) is 2.36. The van der Waals surface area contributed by atoms with Gasteiger partial charge in [0.1, 0.15) is 0 Å². The van der Waals surface area contributed by atoms with Crippen molar-refractivity contribution in [1.82, 2.24) is 5.16 Å². The van der Waals surface area contributed by atoms with Crippen molar-refractivity contribution in [3.63, 3.8) is 0 Å². The highest BCUT2D eigenvalue weighted by molar-refractivity contribution is 5.90. The predicted octanol–water partition coefficient (Wildman–Crippen LogP) is 0.341. The average molecular weight is 170 g/mol. The Morgan fingerprint density at radius 3 is 2.83 bits per heavy atom. The van der Waals surface area contributed by atoms with Gasteiger partial charge in [-0.25, -0.2) is 0 Å². The zero-order chi connectivity index (χ0) is 9.14. The quantitative estimate of drug-likeness (QED) is 0.696. The van der Waals surface area contributed by atoms with Gasteiger partial charge in [0.15, 0.2) is 0 Å². The summed E-state index contributed by atoms with van der Waals surface area (Å²) in [6, 6.07) is 1.23. The van der Waals surface area contributed by atoms with Gasteiger partial charge in [-0.2, -0.15) is 5.16 Å². The summed E-state index contributed by atoms with van der Waals surface area (Å²) in [5.41, 5.74) is -0.347. The number of H-pyrrole nitrogens is 1. The maximum atomic E-state index is 11.1. The van der Waals surface area contributed by atoms with E-state index < -0.39 is 0 Å². The highest BCUT2D eigenvalue weighted by Crippen LogP contribution is 2.08. The van der Waals surface area contributed by atoms with Crippen LogP contribution in [0.4, 0.5) is 5.88 Å². The van der Waals surface area contributed by atoms with Crippen LogP contribution in [0.5, 0.6) is 0 Å². The second kappa shape index (κ2) is 3.25. The van der Waals surface area contributed by atoms with Crippen molar-refractivity contribution >= 4 is 11.8 Å². The number of rotatable bonds is 2. The number of hydrogen-bond donors (Lipinski definition) is 1. The molecular weight excluding hydrogens is 160 g/mol. The van der Waals surface area contributed by atoms with E-state index in [1.54, 1.807) is 14.0 Å². The van der Waals surface area contributed by atoms with Crippen molar-refractivity contribution in [2.45, 2.75) is 13.3 Å². The highest BCUT2D eigenvalue weighted by atomic mass is 16.5. The summed E-state index contributed by atoms with van der Waals surface area (Å²) >= 11 is 0. The Balaban J connectivity index is 2.84. The molecule has 1 rings (SSSR count). The zero-order valence-electron chi connectivity index (χ0n) is 6.96. The van der Waals surface area contributed by atoms with E-state index in [1.807, 2.05) is 0 Å². The molecule has 0 aromatic carbocycles. The molecule has 0 unspecified atom stereocenters. The Labute approximate surface area is 68.9 Å². The molecule has 0 aliphatic rings. The standard InChI is InChI=1S/C7H10N2O3/c1-3-6(11)9(2)7-4-5(10)8-12-7/h4H,3H2,1-2H3,(H,8,10). The number of carbonyl (C=O) groups is 1. The summed E-state index contributed by atoms with van der Waals surface area (Å²) in [7, 11) is 1.55. The van der Waals surface area contributed by atoms with Crippen LogP contribution in [0.15, 0.2) is 15.4 Å². The molecule has 1 aromatic heterocycles. The molecule has 0 atom stereocenters. The molecule has 0 fully saturated rings. The molecule has 5 heteroatoms. The first kappa shape index (κ1) is 8.58. The number of amides is 1. The molecule has 1 aromatic rings. The third-order valence-electron chi connectivity index (χ3n) is 1.52. The molecule has 0 bridgehead atoms. The summed E-state index contributed by atoms with van der Waals surface area (Å²) in [6.45, 7) is 1.74. The number of anilines is 1. The van der Waals surface area contributed by atoms with Gasteiger partial charge in [0.2, 0.25) is 11.8 Å². The minimum Gasteiger partial charge on any atom is -0.360 e. The lowest BCUT2D eigenvalue weighted by Crippen LogP contribution is -2.24. The van der Waals surface area contributed by atoms with Gasteiger partial charge < -0.3 is 4.52 Å². The minimum absolute atomic E-state index is 0.0993. The maximum Gasteiger partial charge on any atom is 0.282 e. The number of aromatic amines is 1. The number of aromatic nitrogens is 1. The number of hydrogen-bond acceptors (Lipinski definition) is 3. The number of nitrogens with one attached hydrogen (secondary N) is 1. The lowest BCUT2D eigenvalue weighted by Gasteiger charge is -2.10. The number of nitrogens with zero attached hydrogens (tertiary/aromatic N) is 1. The molecular formula is C7H10N2O3. The average Bonchev–Trinajstić information content (AvgIpc) is 2.49. The van der Waals surface area contributed by atoms with Crippen LogP contribution < -0.4 is 10.5 Å². The van der Waals surface area contributed by atoms with E-state index in [0.717, 1.165) is 0 Å². The molecule has 1 heterocycles. The first-order chi connectivity index (χ1) is 5.65. The van der Waals surface area contributed by atoms with E-state index in [4.69, 9.17) is 4.52 Å². The van der Waals surface area contributed by atoms with Crippen LogP contribution in [0.2, 0.25) is 0 Å². The lowest BCUT2D eigenvalue weighted by molar-refractivity contribution is -0.118. The van der Waals surface area contributed by atoms with Crippen molar-refractivity contribution in [1.29, 1.82) is 0 Å². The Bertz CT molecular complexity index is 325. The molecule has 1 N–H and O–H groups in total. The van der Waals surface area contributed by atoms with Gasteiger partial charge in [-0.15, -0.1) is 0 Å². The molecule has 0 saturated heterocycles. The van der Waals surface area contributed by atoms with E-state index in [0.29, 0.717) is 6.42 Å². The summed E-state index contributed by atoms with van der Waals surface area (Å²) in [6.07, 6.45) is 0.380. The van der Waals surface area contributed by atoms with Crippen LogP contribution >= 0.6 is 0 Å². The third kappa shape index (κ3) is 1.55. The van der Waals surface area contributed by atoms with Crippen molar-refractivity contribution in [3.8, 4) is 0 Å². The summed E-state index contributed by atoms with van der Waals surface area (Å²) in [5.74, 6) is 0.143. The predicted molar refractivity (Wildman–Crippen MR) is 43.0 cm³/mol. The zero-order valence-corrected chi connectivity index (χ0v) is 6.96. The van der Waals surface area contributed by atoms with Gasteiger partial charge in [-0.3, -0.25) is 14.5 Å². The fourth-order valence-corrected chi connectivity index (χ4v) is 0.799. The molecule has 1 amide bonds. The molecule has 5 nitrogen and oxygen atoms in total.